The zero-order valence-electron chi connectivity index (χ0n) is 15.6. The van der Waals surface area contributed by atoms with Gasteiger partial charge in [-0.2, -0.15) is 13.2 Å². The number of hydrogen-bond acceptors (Lipinski definition) is 2. The fourth-order valence-corrected chi connectivity index (χ4v) is 3.67. The molecule has 154 valence electrons. The van der Waals surface area contributed by atoms with E-state index in [0.717, 1.165) is 13.0 Å². The third-order valence-electron chi connectivity index (χ3n) is 4.91. The molecule has 0 unspecified atom stereocenters. The minimum Gasteiger partial charge on any atom is -0.494 e. The lowest BCUT2D eigenvalue weighted by molar-refractivity contribution is -0.137. The number of benzene rings is 2. The number of aliphatic imine (C=N–C) groups is 1. The lowest BCUT2D eigenvalue weighted by atomic mass is 9.93. The Kier molecular flexibility index (Phi) is 4.34. The summed E-state index contributed by atoms with van der Waals surface area (Å²) in [7, 11) is 0. The summed E-state index contributed by atoms with van der Waals surface area (Å²) in [5.41, 5.74) is -1.10. The van der Waals surface area contributed by atoms with E-state index in [1.165, 1.54) is 42.5 Å². The highest BCUT2D eigenvalue weighted by Gasteiger charge is 2.38. The highest BCUT2D eigenvalue weighted by Crippen LogP contribution is 2.46. The first-order valence-corrected chi connectivity index (χ1v) is 8.87. The van der Waals surface area contributed by atoms with Gasteiger partial charge in [-0.25, -0.2) is 13.8 Å². The average Bonchev–Trinajstić information content (AvgIpc) is 3.19. The molecule has 0 saturated carbocycles. The number of fused-ring (bicyclic) bond motifs is 1. The van der Waals surface area contributed by atoms with Crippen molar-refractivity contribution in [2.75, 3.05) is 0 Å². The molecular formula is C22H15F5N2O. The van der Waals surface area contributed by atoms with E-state index < -0.39 is 23.5 Å². The summed E-state index contributed by atoms with van der Waals surface area (Å²) >= 11 is 0. The largest absolute Gasteiger partial charge is 0.494 e. The highest BCUT2D eigenvalue weighted by molar-refractivity contribution is 6.23. The molecule has 3 nitrogen and oxygen atoms in total. The van der Waals surface area contributed by atoms with Gasteiger partial charge in [-0.3, -0.25) is 0 Å². The SMILES string of the molecule is C=C1N=C(c2ccccc2C(C)(F)F)c2c(O)[nH]c(-c3ccccc3C(F)(F)F)c21. The quantitative estimate of drug-likeness (QED) is 0.479. The standard InChI is InChI=1S/C22H15F5N2O/c1-11-16-17(19(28-11)12-7-3-5-9-14(12)21(2,23)24)20(30)29-18(16)13-8-4-6-10-15(13)22(25,26)27/h3-10,29-30H,1H2,2H3. The molecular weight excluding hydrogens is 403 g/mol. The van der Waals surface area contributed by atoms with Crippen LogP contribution in [0.4, 0.5) is 22.0 Å². The zero-order valence-corrected chi connectivity index (χ0v) is 15.6. The first-order chi connectivity index (χ1) is 14.0. The molecule has 0 fully saturated rings. The average molecular weight is 418 g/mol. The Morgan fingerprint density at radius 3 is 2.03 bits per heavy atom. The summed E-state index contributed by atoms with van der Waals surface area (Å²) in [5, 5.41) is 10.5. The van der Waals surface area contributed by atoms with Crippen molar-refractivity contribution < 1.29 is 27.1 Å². The van der Waals surface area contributed by atoms with Gasteiger partial charge in [0, 0.05) is 29.2 Å². The smallest absolute Gasteiger partial charge is 0.417 e. The number of alkyl halides is 5. The Labute approximate surface area is 168 Å². The Hall–Kier alpha value is -3.42. The fraction of sp³-hybridized carbons (Fsp3) is 0.136. The molecule has 8 heteroatoms. The van der Waals surface area contributed by atoms with E-state index in [-0.39, 0.29) is 44.9 Å². The fourth-order valence-electron chi connectivity index (χ4n) is 3.67. The summed E-state index contributed by atoms with van der Waals surface area (Å²) in [6.07, 6.45) is -4.63. The van der Waals surface area contributed by atoms with Gasteiger partial charge in [0.1, 0.15) is 0 Å². The second-order valence-corrected chi connectivity index (χ2v) is 6.98. The number of nitrogens with zero attached hydrogens (tertiary/aromatic N) is 1. The third kappa shape index (κ3) is 3.08. The number of halogens is 5. The Morgan fingerprint density at radius 2 is 1.43 bits per heavy atom. The number of nitrogens with one attached hydrogen (secondary N) is 1. The molecule has 0 spiro atoms. The Balaban J connectivity index is 1.95. The maximum atomic E-state index is 14.1. The van der Waals surface area contributed by atoms with Gasteiger partial charge in [-0.05, 0) is 6.07 Å². The molecule has 0 aliphatic carbocycles. The van der Waals surface area contributed by atoms with Crippen LogP contribution >= 0.6 is 0 Å². The molecule has 1 aromatic heterocycles. The number of aromatic nitrogens is 1. The monoisotopic (exact) mass is 418 g/mol. The topological polar surface area (TPSA) is 48.4 Å². The number of H-pyrrole nitrogens is 1. The summed E-state index contributed by atoms with van der Waals surface area (Å²) in [6.45, 7) is 4.50. The van der Waals surface area contributed by atoms with E-state index in [1.807, 2.05) is 0 Å². The van der Waals surface area contributed by atoms with Crippen LogP contribution in [-0.4, -0.2) is 15.8 Å². The molecule has 0 atom stereocenters. The molecule has 0 saturated heterocycles. The normalized spacial score (nSPS) is 14.1. The molecule has 1 aliphatic rings. The Morgan fingerprint density at radius 1 is 0.867 bits per heavy atom. The number of aromatic hydroxyl groups is 1. The molecule has 3 aromatic rings. The van der Waals surface area contributed by atoms with Gasteiger partial charge in [0.2, 0.25) is 0 Å². The van der Waals surface area contributed by atoms with Crippen LogP contribution in [-0.2, 0) is 12.1 Å². The first kappa shape index (κ1) is 19.9. The van der Waals surface area contributed by atoms with Crippen LogP contribution in [0.3, 0.4) is 0 Å². The number of hydrogen-bond donors (Lipinski definition) is 2. The first-order valence-electron chi connectivity index (χ1n) is 8.87. The van der Waals surface area contributed by atoms with Gasteiger partial charge in [-0.15, -0.1) is 0 Å². The zero-order chi connectivity index (χ0) is 21.8. The highest BCUT2D eigenvalue weighted by atomic mass is 19.4. The molecule has 2 heterocycles. The Bertz CT molecular complexity index is 1200. The summed E-state index contributed by atoms with van der Waals surface area (Å²) in [6, 6.07) is 10.5. The summed E-state index contributed by atoms with van der Waals surface area (Å²) < 4.78 is 68.8. The van der Waals surface area contributed by atoms with Crippen LogP contribution in [0.1, 0.15) is 34.7 Å². The molecule has 0 radical (unpaired) electrons. The van der Waals surface area contributed by atoms with E-state index in [4.69, 9.17) is 0 Å². The van der Waals surface area contributed by atoms with Gasteiger partial charge >= 0.3 is 6.18 Å². The van der Waals surface area contributed by atoms with Crippen LogP contribution < -0.4 is 0 Å². The second-order valence-electron chi connectivity index (χ2n) is 6.98. The van der Waals surface area contributed by atoms with E-state index in [0.29, 0.717) is 0 Å². The van der Waals surface area contributed by atoms with Crippen molar-refractivity contribution in [1.82, 2.24) is 4.98 Å². The maximum Gasteiger partial charge on any atom is 0.417 e. The van der Waals surface area contributed by atoms with Crippen molar-refractivity contribution in [2.45, 2.75) is 19.0 Å². The van der Waals surface area contributed by atoms with Crippen LogP contribution in [0.15, 0.2) is 60.1 Å². The molecule has 1 aliphatic heterocycles. The lowest BCUT2D eigenvalue weighted by Crippen LogP contribution is -2.14. The maximum absolute atomic E-state index is 14.1. The molecule has 30 heavy (non-hydrogen) atoms. The van der Waals surface area contributed by atoms with E-state index in [1.54, 1.807) is 0 Å². The van der Waals surface area contributed by atoms with Gasteiger partial charge < -0.3 is 10.1 Å². The van der Waals surface area contributed by atoms with Crippen molar-refractivity contribution in [2.24, 2.45) is 4.99 Å². The minimum absolute atomic E-state index is 0.0246. The van der Waals surface area contributed by atoms with Crippen molar-refractivity contribution in [3.8, 4) is 17.1 Å². The van der Waals surface area contributed by atoms with Crippen molar-refractivity contribution in [3.05, 3.63) is 82.9 Å². The van der Waals surface area contributed by atoms with Crippen molar-refractivity contribution >= 4 is 11.4 Å². The van der Waals surface area contributed by atoms with Crippen LogP contribution in [0.5, 0.6) is 5.88 Å². The van der Waals surface area contributed by atoms with E-state index in [2.05, 4.69) is 16.6 Å². The summed E-state index contributed by atoms with van der Waals surface area (Å²) in [4.78, 5) is 6.79. The molecule has 2 aromatic carbocycles. The van der Waals surface area contributed by atoms with Crippen molar-refractivity contribution in [1.29, 1.82) is 0 Å². The molecule has 0 amide bonds. The third-order valence-corrected chi connectivity index (χ3v) is 4.91. The summed E-state index contributed by atoms with van der Waals surface area (Å²) in [5.74, 6) is -3.66. The van der Waals surface area contributed by atoms with E-state index >= 15 is 0 Å². The van der Waals surface area contributed by atoms with Gasteiger partial charge in [-0.1, -0.05) is 49.0 Å². The minimum atomic E-state index is -4.63. The van der Waals surface area contributed by atoms with E-state index in [9.17, 15) is 27.1 Å². The molecule has 0 bridgehead atoms. The predicted molar refractivity (Wildman–Crippen MR) is 104 cm³/mol. The predicted octanol–water partition coefficient (Wildman–Crippen LogP) is 6.34. The molecule has 4 rings (SSSR count). The van der Waals surface area contributed by atoms with Crippen LogP contribution in [0.25, 0.3) is 17.0 Å². The van der Waals surface area contributed by atoms with Crippen LogP contribution in [0.2, 0.25) is 0 Å². The lowest BCUT2D eigenvalue weighted by Gasteiger charge is -2.15. The van der Waals surface area contributed by atoms with Crippen LogP contribution in [0, 0.1) is 0 Å². The second kappa shape index (κ2) is 6.55. The number of rotatable bonds is 3. The van der Waals surface area contributed by atoms with Gasteiger partial charge in [0.05, 0.1) is 28.2 Å². The number of aromatic amines is 1. The van der Waals surface area contributed by atoms with Crippen molar-refractivity contribution in [3.63, 3.8) is 0 Å². The van der Waals surface area contributed by atoms with Gasteiger partial charge in [0.15, 0.2) is 5.88 Å². The molecule has 2 N–H and O–H groups in total. The van der Waals surface area contributed by atoms with Gasteiger partial charge in [0.25, 0.3) is 5.92 Å².